The van der Waals surface area contributed by atoms with E-state index in [1.165, 1.54) is 0 Å². The Morgan fingerprint density at radius 1 is 1.00 bits per heavy atom. The molecular formula is C16H20N6O2. The van der Waals surface area contributed by atoms with Gasteiger partial charge in [-0.25, -0.2) is 9.97 Å². The summed E-state index contributed by atoms with van der Waals surface area (Å²) < 4.78 is 0. The minimum absolute atomic E-state index is 0. The zero-order chi connectivity index (χ0) is 16.2. The van der Waals surface area contributed by atoms with Crippen molar-refractivity contribution in [3.63, 3.8) is 0 Å². The van der Waals surface area contributed by atoms with Crippen molar-refractivity contribution in [1.82, 2.24) is 9.97 Å². The third-order valence-corrected chi connectivity index (χ3v) is 3.43. The summed E-state index contributed by atoms with van der Waals surface area (Å²) in [6, 6.07) is 7.28. The molecule has 0 spiro atoms. The Hall–Kier alpha value is -3.16. The van der Waals surface area contributed by atoms with Crippen LogP contribution in [0.5, 0.6) is 0 Å². The number of anilines is 4. The summed E-state index contributed by atoms with van der Waals surface area (Å²) in [5, 5.41) is 8.53. The highest BCUT2D eigenvalue weighted by molar-refractivity contribution is 6.01. The van der Waals surface area contributed by atoms with E-state index < -0.39 is 0 Å². The Bertz CT molecular complexity index is 749. The molecule has 0 atom stereocenters. The summed E-state index contributed by atoms with van der Waals surface area (Å²) in [6.07, 6.45) is 3.39. The zero-order valence-corrected chi connectivity index (χ0v) is 12.5. The second-order valence-electron chi connectivity index (χ2n) is 4.98. The van der Waals surface area contributed by atoms with Gasteiger partial charge in [0.1, 0.15) is 11.6 Å². The Morgan fingerprint density at radius 2 is 1.67 bits per heavy atom. The van der Waals surface area contributed by atoms with Gasteiger partial charge in [0.2, 0.25) is 11.8 Å². The van der Waals surface area contributed by atoms with E-state index in [1.807, 2.05) is 18.2 Å². The number of likely N-dealkylation sites (N-methyl/N-ethyl adjacent to an activating group) is 1. The first-order valence-corrected chi connectivity index (χ1v) is 7.09. The zero-order valence-electron chi connectivity index (χ0n) is 12.5. The fourth-order valence-corrected chi connectivity index (χ4v) is 2.22. The summed E-state index contributed by atoms with van der Waals surface area (Å²) in [6.45, 7) is 0.643. The highest BCUT2D eigenvalue weighted by Crippen LogP contribution is 2.24. The molecule has 24 heavy (non-hydrogen) atoms. The van der Waals surface area contributed by atoms with Gasteiger partial charge in [0.05, 0.1) is 24.5 Å². The first-order valence-electron chi connectivity index (χ1n) is 7.09. The van der Waals surface area contributed by atoms with Crippen molar-refractivity contribution in [3.05, 3.63) is 36.7 Å². The second kappa shape index (κ2) is 7.40. The molecule has 0 aliphatic carbocycles. The van der Waals surface area contributed by atoms with E-state index in [-0.39, 0.29) is 19.2 Å². The van der Waals surface area contributed by atoms with E-state index in [2.05, 4.69) is 25.9 Å². The molecule has 0 fully saturated rings. The maximum absolute atomic E-state index is 11.2. The lowest BCUT2D eigenvalue weighted by Crippen LogP contribution is -2.37. The van der Waals surface area contributed by atoms with Crippen LogP contribution in [0.1, 0.15) is 7.43 Å². The summed E-state index contributed by atoms with van der Waals surface area (Å²) in [5.74, 6) is 1.56. The van der Waals surface area contributed by atoms with Gasteiger partial charge in [0.15, 0.2) is 0 Å². The molecule has 126 valence electrons. The van der Waals surface area contributed by atoms with Crippen molar-refractivity contribution >= 4 is 34.8 Å². The third kappa shape index (κ3) is 3.60. The van der Waals surface area contributed by atoms with Crippen LogP contribution in [0.15, 0.2) is 36.7 Å². The number of amides is 2. The smallest absolute Gasteiger partial charge is 0.246 e. The van der Waals surface area contributed by atoms with Crippen molar-refractivity contribution in [1.29, 1.82) is 0 Å². The van der Waals surface area contributed by atoms with E-state index in [9.17, 15) is 9.59 Å². The summed E-state index contributed by atoms with van der Waals surface area (Å²) in [5.41, 5.74) is 1.59. The first-order chi connectivity index (χ1) is 11.1. The van der Waals surface area contributed by atoms with E-state index in [0.29, 0.717) is 13.1 Å². The van der Waals surface area contributed by atoms with Gasteiger partial charge in [-0.1, -0.05) is 7.43 Å². The average molecular weight is 328 g/mol. The maximum atomic E-state index is 11.2. The number of rotatable bonds is 0. The van der Waals surface area contributed by atoms with Crippen LogP contribution in [-0.4, -0.2) is 41.9 Å². The third-order valence-electron chi connectivity index (χ3n) is 3.43. The van der Waals surface area contributed by atoms with Crippen LogP contribution in [0.2, 0.25) is 0 Å². The molecule has 2 aliphatic heterocycles. The van der Waals surface area contributed by atoms with Gasteiger partial charge in [0.25, 0.3) is 0 Å². The lowest BCUT2D eigenvalue weighted by Gasteiger charge is -2.25. The molecule has 8 heteroatoms. The minimum Gasteiger partial charge on any atom is -0.359 e. The Labute approximate surface area is 140 Å². The Morgan fingerprint density at radius 3 is 2.46 bits per heavy atom. The number of nitrogens with zero attached hydrogens (tertiary/aromatic N) is 3. The number of carbonyl (C=O) groups excluding carboxylic acids is 2. The quantitative estimate of drug-likeness (QED) is 0.678. The van der Waals surface area contributed by atoms with Gasteiger partial charge in [-0.05, 0) is 24.3 Å². The summed E-state index contributed by atoms with van der Waals surface area (Å²) in [4.78, 5) is 31.8. The molecule has 0 radical (unpaired) electrons. The van der Waals surface area contributed by atoms with E-state index >= 15 is 0 Å². The number of carbonyl (C=O) groups is 2. The maximum Gasteiger partial charge on any atom is 0.246 e. The summed E-state index contributed by atoms with van der Waals surface area (Å²) in [7, 11) is 1.75. The number of fused-ring (bicyclic) bond motifs is 2. The largest absolute Gasteiger partial charge is 0.359 e. The van der Waals surface area contributed by atoms with Gasteiger partial charge in [-0.2, -0.15) is 0 Å². The van der Waals surface area contributed by atoms with Gasteiger partial charge in [-0.3, -0.25) is 9.59 Å². The van der Waals surface area contributed by atoms with Crippen LogP contribution in [0.4, 0.5) is 23.0 Å². The van der Waals surface area contributed by atoms with Gasteiger partial charge in [0, 0.05) is 19.4 Å². The van der Waals surface area contributed by atoms with Crippen LogP contribution in [0, 0.1) is 0 Å². The molecule has 0 saturated heterocycles. The van der Waals surface area contributed by atoms with Crippen molar-refractivity contribution in [3.8, 4) is 0 Å². The molecule has 2 aliphatic rings. The van der Waals surface area contributed by atoms with Crippen molar-refractivity contribution in [2.24, 2.45) is 0 Å². The lowest BCUT2D eigenvalue weighted by molar-refractivity contribution is -0.117. The molecule has 3 N–H and O–H groups in total. The van der Waals surface area contributed by atoms with E-state index in [0.717, 1.165) is 23.0 Å². The summed E-state index contributed by atoms with van der Waals surface area (Å²) >= 11 is 0. The van der Waals surface area contributed by atoms with Gasteiger partial charge >= 0.3 is 0 Å². The number of pyridine rings is 2. The molecule has 0 unspecified atom stereocenters. The van der Waals surface area contributed by atoms with Crippen LogP contribution >= 0.6 is 0 Å². The molecule has 2 aromatic heterocycles. The predicted molar refractivity (Wildman–Crippen MR) is 94.2 cm³/mol. The van der Waals surface area contributed by atoms with Crippen LogP contribution in [0.25, 0.3) is 0 Å². The van der Waals surface area contributed by atoms with Gasteiger partial charge in [-0.15, -0.1) is 0 Å². The first kappa shape index (κ1) is 17.2. The Kier molecular flexibility index (Phi) is 5.31. The topological polar surface area (TPSA) is 99.2 Å². The predicted octanol–water partition coefficient (Wildman–Crippen LogP) is 1.55. The van der Waals surface area contributed by atoms with Crippen LogP contribution in [-0.2, 0) is 9.59 Å². The average Bonchev–Trinajstić information content (AvgIpc) is 2.59. The Balaban J connectivity index is 0.000000167. The van der Waals surface area contributed by atoms with Crippen LogP contribution < -0.4 is 20.9 Å². The van der Waals surface area contributed by atoms with Crippen molar-refractivity contribution in [2.75, 3.05) is 41.0 Å². The highest BCUT2D eigenvalue weighted by atomic mass is 16.2. The normalized spacial score (nSPS) is 14.5. The number of aromatic nitrogens is 2. The molecule has 0 aromatic carbocycles. The molecule has 0 saturated carbocycles. The van der Waals surface area contributed by atoms with Crippen molar-refractivity contribution in [2.45, 2.75) is 7.43 Å². The molecule has 2 aromatic rings. The fourth-order valence-electron chi connectivity index (χ4n) is 2.22. The minimum atomic E-state index is -0.0227. The number of hydrogen-bond acceptors (Lipinski definition) is 6. The lowest BCUT2D eigenvalue weighted by atomic mass is 10.3. The second-order valence-corrected chi connectivity index (χ2v) is 4.98. The monoisotopic (exact) mass is 328 g/mol. The molecule has 8 nitrogen and oxygen atoms in total. The van der Waals surface area contributed by atoms with E-state index in [4.69, 9.17) is 0 Å². The number of nitrogens with one attached hydrogen (secondary N) is 3. The van der Waals surface area contributed by atoms with E-state index in [1.54, 1.807) is 30.4 Å². The van der Waals surface area contributed by atoms with Crippen LogP contribution in [0.3, 0.4) is 0 Å². The van der Waals surface area contributed by atoms with Gasteiger partial charge < -0.3 is 20.9 Å². The van der Waals surface area contributed by atoms with Crippen molar-refractivity contribution < 1.29 is 9.59 Å². The molecule has 0 bridgehead atoms. The molecular weight excluding hydrogens is 308 g/mol. The standard InChI is InChI=1S/C8H9N3O.C7H7N3O.CH4/c1-11-6-3-2-4-9-8(6)10-5-7(11)12;11-6-4-9-7-5(10-6)2-1-3-8-7;/h2-4H,5H2,1H3,(H,9,10);1-3H,4H2,(H,8,9)(H,10,11);1H4. The number of hydrogen-bond donors (Lipinski definition) is 3. The molecule has 2 amide bonds. The fraction of sp³-hybridized carbons (Fsp3) is 0.250. The molecule has 4 rings (SSSR count). The molecule has 4 heterocycles. The SMILES string of the molecule is C.CN1C(=O)CNc2ncccc21.O=C1CNc2ncccc2N1. The highest BCUT2D eigenvalue weighted by Gasteiger charge is 2.20.